The van der Waals surface area contributed by atoms with E-state index in [1.54, 1.807) is 23.7 Å². The molecule has 2 amide bonds. The van der Waals surface area contributed by atoms with Crippen LogP contribution in [0, 0.1) is 0 Å². The topological polar surface area (TPSA) is 99.6 Å². The Labute approximate surface area is 206 Å². The van der Waals surface area contributed by atoms with Gasteiger partial charge in [-0.15, -0.1) is 11.3 Å². The average Bonchev–Trinajstić information content (AvgIpc) is 3.32. The molecule has 0 bridgehead atoms. The Morgan fingerprint density at radius 2 is 1.94 bits per heavy atom. The summed E-state index contributed by atoms with van der Waals surface area (Å²) in [5.74, 6) is 0.540. The predicted octanol–water partition coefficient (Wildman–Crippen LogP) is 4.49. The minimum absolute atomic E-state index is 0.215. The Balaban J connectivity index is 1.57. The summed E-state index contributed by atoms with van der Waals surface area (Å²) in [5.41, 5.74) is 1.16. The number of anilines is 2. The number of nitrogens with one attached hydrogen (secondary N) is 2. The maximum Gasteiger partial charge on any atom is 0.334 e. The number of aromatic nitrogens is 2. The maximum atomic E-state index is 13.6. The molecule has 2 aromatic heterocycles. The second-order valence-electron chi connectivity index (χ2n) is 10.1. The van der Waals surface area contributed by atoms with Crippen LogP contribution in [0.25, 0.3) is 0 Å². The van der Waals surface area contributed by atoms with Gasteiger partial charge in [0, 0.05) is 22.5 Å². The molecule has 0 spiro atoms. The molecule has 0 radical (unpaired) electrons. The van der Waals surface area contributed by atoms with E-state index in [4.69, 9.17) is 0 Å². The molecule has 2 fully saturated rings. The molecule has 2 aromatic rings. The third-order valence-corrected chi connectivity index (χ3v) is 9.50. The summed E-state index contributed by atoms with van der Waals surface area (Å²) in [6, 6.07) is 1.26. The molecule has 1 aliphatic heterocycles. The lowest BCUT2D eigenvalue weighted by Crippen LogP contribution is -2.54. The van der Waals surface area contributed by atoms with Crippen LogP contribution in [-0.2, 0) is 10.2 Å². The smallest absolute Gasteiger partial charge is 0.306 e. The molecule has 1 atom stereocenters. The number of likely N-dealkylation sites (N-methyl/N-ethyl adjacent to an activating group) is 1. The van der Waals surface area contributed by atoms with Gasteiger partial charge in [0.25, 0.3) is 0 Å². The van der Waals surface area contributed by atoms with Gasteiger partial charge in [-0.1, -0.05) is 27.7 Å². The van der Waals surface area contributed by atoms with Crippen LogP contribution in [0.3, 0.4) is 0 Å². The van der Waals surface area contributed by atoms with Crippen molar-refractivity contribution >= 4 is 39.0 Å². The Morgan fingerprint density at radius 1 is 1.21 bits per heavy atom. The molecule has 4 rings (SSSR count). The van der Waals surface area contributed by atoms with Crippen LogP contribution in [0.4, 0.5) is 16.2 Å². The first-order valence-electron chi connectivity index (χ1n) is 12.0. The number of hydrogen-bond acceptors (Lipinski definition) is 6. The van der Waals surface area contributed by atoms with E-state index in [9.17, 15) is 13.2 Å². The van der Waals surface area contributed by atoms with Gasteiger partial charge < -0.3 is 10.2 Å². The molecule has 1 aliphatic carbocycles. The van der Waals surface area contributed by atoms with Crippen molar-refractivity contribution in [2.24, 2.45) is 0 Å². The van der Waals surface area contributed by atoms with Gasteiger partial charge in [-0.2, -0.15) is 13.5 Å². The van der Waals surface area contributed by atoms with Gasteiger partial charge in [0.1, 0.15) is 0 Å². The van der Waals surface area contributed by atoms with Gasteiger partial charge in [0.05, 0.1) is 29.7 Å². The first kappa shape index (κ1) is 25.0. The lowest BCUT2D eigenvalue weighted by molar-refractivity contribution is 0.251. The van der Waals surface area contributed by atoms with Crippen LogP contribution < -0.4 is 14.3 Å². The summed E-state index contributed by atoms with van der Waals surface area (Å²) < 4.78 is 32.6. The minimum Gasteiger partial charge on any atom is -0.306 e. The lowest BCUT2D eigenvalue weighted by atomic mass is 10.1. The summed E-state index contributed by atoms with van der Waals surface area (Å²) >= 11 is 1.65. The van der Waals surface area contributed by atoms with Gasteiger partial charge >= 0.3 is 16.2 Å². The molecule has 1 saturated heterocycles. The molecular formula is C23H36N6O3S2. The van der Waals surface area contributed by atoms with Gasteiger partial charge in [-0.3, -0.25) is 4.68 Å². The lowest BCUT2D eigenvalue weighted by Gasteiger charge is -2.37. The molecular weight excluding hydrogens is 472 g/mol. The fraction of sp³-hybridized carbons (Fsp3) is 0.652. The summed E-state index contributed by atoms with van der Waals surface area (Å²) in [5, 5.41) is 7.19. The number of amides is 2. The molecule has 1 saturated carbocycles. The normalized spacial score (nSPS) is 19.6. The Hall–Kier alpha value is -2.11. The van der Waals surface area contributed by atoms with E-state index >= 15 is 0 Å². The van der Waals surface area contributed by atoms with E-state index in [2.05, 4.69) is 47.7 Å². The highest BCUT2D eigenvalue weighted by Crippen LogP contribution is 2.37. The number of carbonyl (C=O) groups excluding carboxylic acids is 1. The molecule has 9 nitrogen and oxygen atoms in total. The number of nitrogens with zero attached hydrogens (tertiary/aromatic N) is 4. The van der Waals surface area contributed by atoms with Crippen LogP contribution in [0.5, 0.6) is 0 Å². The number of rotatable bonds is 8. The van der Waals surface area contributed by atoms with E-state index in [1.165, 1.54) is 4.31 Å². The highest BCUT2D eigenvalue weighted by atomic mass is 32.2. The van der Waals surface area contributed by atoms with Gasteiger partial charge in [-0.25, -0.2) is 13.8 Å². The summed E-state index contributed by atoms with van der Waals surface area (Å²) in [6.45, 7) is 9.85. The van der Waals surface area contributed by atoms with Gasteiger partial charge in [0.2, 0.25) is 0 Å². The molecule has 0 aromatic carbocycles. The zero-order chi connectivity index (χ0) is 24.6. The molecule has 34 heavy (non-hydrogen) atoms. The summed E-state index contributed by atoms with van der Waals surface area (Å²) in [7, 11) is -2.17. The fourth-order valence-electron chi connectivity index (χ4n) is 4.41. The largest absolute Gasteiger partial charge is 0.334 e. The minimum atomic E-state index is -4.16. The Kier molecular flexibility index (Phi) is 7.25. The number of thiophene rings is 1. The van der Waals surface area contributed by atoms with Crippen LogP contribution >= 0.6 is 11.3 Å². The third kappa shape index (κ3) is 5.58. The summed E-state index contributed by atoms with van der Waals surface area (Å²) in [4.78, 5) is 17.2. The highest BCUT2D eigenvalue weighted by Gasteiger charge is 2.36. The number of urea groups is 1. The number of hydrogen-bond donors (Lipinski definition) is 2. The quantitative estimate of drug-likeness (QED) is 0.547. The van der Waals surface area contributed by atoms with E-state index in [-0.39, 0.29) is 12.0 Å². The predicted molar refractivity (Wildman–Crippen MR) is 137 cm³/mol. The van der Waals surface area contributed by atoms with Crippen LogP contribution in [0.1, 0.15) is 81.0 Å². The van der Waals surface area contributed by atoms with Crippen molar-refractivity contribution < 1.29 is 13.2 Å². The van der Waals surface area contributed by atoms with Crippen molar-refractivity contribution in [2.75, 3.05) is 29.8 Å². The molecule has 2 aliphatic rings. The van der Waals surface area contributed by atoms with Gasteiger partial charge in [-0.05, 0) is 57.2 Å². The fourth-order valence-corrected chi connectivity index (χ4v) is 6.85. The van der Waals surface area contributed by atoms with Crippen molar-refractivity contribution in [1.82, 2.24) is 19.4 Å². The van der Waals surface area contributed by atoms with Crippen molar-refractivity contribution in [3.63, 3.8) is 0 Å². The van der Waals surface area contributed by atoms with Crippen LogP contribution in [-0.4, -0.2) is 55.3 Å². The third-order valence-electron chi connectivity index (χ3n) is 6.30. The van der Waals surface area contributed by atoms with Crippen molar-refractivity contribution in [2.45, 2.75) is 77.3 Å². The van der Waals surface area contributed by atoms with Crippen molar-refractivity contribution in [3.8, 4) is 0 Å². The van der Waals surface area contributed by atoms with E-state index in [1.807, 2.05) is 17.8 Å². The number of piperidine rings is 1. The van der Waals surface area contributed by atoms with E-state index in [0.717, 1.165) is 42.0 Å². The number of likely N-dealkylation sites (tertiary alicyclic amines) is 1. The zero-order valence-electron chi connectivity index (χ0n) is 20.6. The zero-order valence-corrected chi connectivity index (χ0v) is 22.2. The summed E-state index contributed by atoms with van der Waals surface area (Å²) in [6.07, 6.45) is 7.10. The first-order valence-corrected chi connectivity index (χ1v) is 14.3. The molecule has 11 heteroatoms. The second-order valence-corrected chi connectivity index (χ2v) is 12.7. The standard InChI is InChI=1S/C23H36N6O3S2/c1-15(2)21-11-20(22(33-21)16(3)4)25-23(30)26-34(31,32)29(18-7-6-10-27(5)13-18)19-12-24-28(14-19)17-8-9-17/h11-12,14-18H,6-10,13H2,1-5H3,(H2,25,26,30)/t18-/m0/s1. The molecule has 3 heterocycles. The highest BCUT2D eigenvalue weighted by molar-refractivity contribution is 7.91. The Bertz CT molecular complexity index is 1120. The van der Waals surface area contributed by atoms with Crippen molar-refractivity contribution in [3.05, 3.63) is 28.2 Å². The first-order chi connectivity index (χ1) is 16.0. The number of carbonyl (C=O) groups is 1. The monoisotopic (exact) mass is 508 g/mol. The van der Waals surface area contributed by atoms with Crippen LogP contribution in [0.15, 0.2) is 18.5 Å². The molecule has 2 N–H and O–H groups in total. The van der Waals surface area contributed by atoms with E-state index < -0.39 is 16.2 Å². The van der Waals surface area contributed by atoms with E-state index in [0.29, 0.717) is 29.9 Å². The van der Waals surface area contributed by atoms with Crippen LogP contribution in [0.2, 0.25) is 0 Å². The Morgan fingerprint density at radius 3 is 2.56 bits per heavy atom. The SMILES string of the molecule is CC(C)c1cc(NC(=O)NS(=O)(=O)N(c2cnn(C3CC3)c2)[C@H]2CCCN(C)C2)c(C(C)C)s1. The molecule has 188 valence electrons. The second kappa shape index (κ2) is 9.87. The average molecular weight is 509 g/mol. The maximum absolute atomic E-state index is 13.6. The van der Waals surface area contributed by atoms with Gasteiger partial charge in [0.15, 0.2) is 0 Å². The van der Waals surface area contributed by atoms with Crippen molar-refractivity contribution in [1.29, 1.82) is 0 Å². The molecule has 0 unspecified atom stereocenters.